The van der Waals surface area contributed by atoms with E-state index in [-0.39, 0.29) is 10.7 Å². The minimum absolute atomic E-state index is 0.233. The molecule has 0 unspecified atom stereocenters. The van der Waals surface area contributed by atoms with Gasteiger partial charge in [-0.2, -0.15) is 0 Å². The quantitative estimate of drug-likeness (QED) is 0.487. The van der Waals surface area contributed by atoms with Crippen LogP contribution in [-0.4, -0.2) is 18.1 Å². The van der Waals surface area contributed by atoms with Gasteiger partial charge in [0.25, 0.3) is 0 Å². The molecule has 1 aromatic heterocycles. The number of esters is 1. The lowest BCUT2D eigenvalue weighted by molar-refractivity contribution is 0.0601. The van der Waals surface area contributed by atoms with Crippen LogP contribution >= 0.6 is 34.2 Å². The molecule has 0 saturated carbocycles. The van der Waals surface area contributed by atoms with Gasteiger partial charge in [-0.05, 0) is 22.6 Å². The average molecular weight is 312 g/mol. The molecule has 1 aromatic rings. The van der Waals surface area contributed by atoms with Gasteiger partial charge in [0.2, 0.25) is 0 Å². The maximum atomic E-state index is 11.1. The van der Waals surface area contributed by atoms with Gasteiger partial charge in [0, 0.05) is 6.20 Å². The van der Waals surface area contributed by atoms with Crippen molar-refractivity contribution in [3.05, 3.63) is 20.5 Å². The Hall–Kier alpha value is -0.560. The fourth-order valence-electron chi connectivity index (χ4n) is 0.749. The van der Waals surface area contributed by atoms with Gasteiger partial charge >= 0.3 is 5.97 Å². The van der Waals surface area contributed by atoms with Crippen LogP contribution < -0.4 is 5.73 Å². The zero-order valence-electron chi connectivity index (χ0n) is 6.67. The molecule has 0 radical (unpaired) electrons. The smallest absolute Gasteiger partial charge is 0.341 e. The summed E-state index contributed by atoms with van der Waals surface area (Å²) in [7, 11) is 1.28. The summed E-state index contributed by atoms with van der Waals surface area (Å²) >= 11 is 7.60. The molecule has 6 heteroatoms. The number of hydrogen-bond acceptors (Lipinski definition) is 4. The van der Waals surface area contributed by atoms with E-state index in [0.717, 1.165) is 0 Å². The van der Waals surface area contributed by atoms with Gasteiger partial charge in [-0.1, -0.05) is 11.6 Å². The van der Waals surface area contributed by atoms with Gasteiger partial charge in [0.1, 0.15) is 10.7 Å². The van der Waals surface area contributed by atoms with Crippen LogP contribution in [0.25, 0.3) is 0 Å². The molecule has 2 N–H and O–H groups in total. The van der Waals surface area contributed by atoms with Crippen LogP contribution in [0.5, 0.6) is 0 Å². The molecule has 70 valence electrons. The number of carbonyl (C=O) groups excluding carboxylic acids is 1. The predicted octanol–water partition coefficient (Wildman–Crippen LogP) is 1.71. The Balaban J connectivity index is 3.26. The predicted molar refractivity (Wildman–Crippen MR) is 57.7 cm³/mol. The normalized spacial score (nSPS) is 9.77. The van der Waals surface area contributed by atoms with Crippen molar-refractivity contribution in [2.45, 2.75) is 0 Å². The summed E-state index contributed by atoms with van der Waals surface area (Å²) < 4.78 is 5.06. The lowest BCUT2D eigenvalue weighted by Gasteiger charge is -2.05. The van der Waals surface area contributed by atoms with E-state index in [1.165, 1.54) is 13.3 Å². The average Bonchev–Trinajstić information content (AvgIpc) is 2.13. The van der Waals surface area contributed by atoms with Crippen LogP contribution in [-0.2, 0) is 4.74 Å². The molecule has 13 heavy (non-hydrogen) atoms. The van der Waals surface area contributed by atoms with Crippen LogP contribution in [0.1, 0.15) is 10.4 Å². The van der Waals surface area contributed by atoms with E-state index in [0.29, 0.717) is 9.26 Å². The molecule has 1 rings (SSSR count). The molecule has 0 saturated heterocycles. The van der Waals surface area contributed by atoms with Crippen LogP contribution in [0, 0.1) is 3.57 Å². The number of aromatic nitrogens is 1. The molecule has 0 aromatic carbocycles. The second kappa shape index (κ2) is 4.10. The van der Waals surface area contributed by atoms with Gasteiger partial charge < -0.3 is 10.5 Å². The first-order chi connectivity index (χ1) is 6.07. The maximum absolute atomic E-state index is 11.1. The highest BCUT2D eigenvalue weighted by molar-refractivity contribution is 14.1. The Labute approximate surface area is 93.6 Å². The van der Waals surface area contributed by atoms with E-state index in [2.05, 4.69) is 9.72 Å². The molecule has 0 aliphatic rings. The van der Waals surface area contributed by atoms with Crippen LogP contribution in [0.3, 0.4) is 0 Å². The van der Waals surface area contributed by atoms with E-state index in [1.807, 2.05) is 22.6 Å². The summed E-state index contributed by atoms with van der Waals surface area (Å²) in [4.78, 5) is 14.9. The molecule has 0 amide bonds. The largest absolute Gasteiger partial charge is 0.465 e. The summed E-state index contributed by atoms with van der Waals surface area (Å²) in [6.45, 7) is 0. The molecule has 0 bridgehead atoms. The minimum atomic E-state index is -0.514. The first-order valence-corrected chi connectivity index (χ1v) is 4.71. The van der Waals surface area contributed by atoms with Crippen LogP contribution in [0.4, 0.5) is 5.69 Å². The number of ether oxygens (including phenoxy) is 1. The number of methoxy groups -OCH3 is 1. The van der Waals surface area contributed by atoms with E-state index < -0.39 is 5.97 Å². The summed E-state index contributed by atoms with van der Waals surface area (Å²) in [5.74, 6) is -0.514. The fourth-order valence-corrected chi connectivity index (χ4v) is 1.33. The van der Waals surface area contributed by atoms with Crippen molar-refractivity contribution < 1.29 is 9.53 Å². The molecule has 0 aliphatic carbocycles. The Morgan fingerprint density at radius 3 is 2.92 bits per heavy atom. The van der Waals surface area contributed by atoms with Gasteiger partial charge in [-0.15, -0.1) is 0 Å². The molecule has 1 heterocycles. The number of nitrogens with zero attached hydrogens (tertiary/aromatic N) is 1. The summed E-state index contributed by atoms with van der Waals surface area (Å²) in [6, 6.07) is 0. The number of halogens is 2. The third-order valence-electron chi connectivity index (χ3n) is 1.42. The molecule has 4 nitrogen and oxygen atoms in total. The standard InChI is InChI=1S/C7H6ClIN2O2/c1-13-7(12)3-2-11-6(8)4(9)5(3)10/h2H,1H3,(H2,10,11). The van der Waals surface area contributed by atoms with E-state index in [1.54, 1.807) is 0 Å². The zero-order valence-corrected chi connectivity index (χ0v) is 9.59. The van der Waals surface area contributed by atoms with Gasteiger partial charge in [0.05, 0.1) is 16.4 Å². The van der Waals surface area contributed by atoms with Crippen molar-refractivity contribution in [2.75, 3.05) is 12.8 Å². The highest BCUT2D eigenvalue weighted by Crippen LogP contribution is 2.25. The summed E-state index contributed by atoms with van der Waals surface area (Å²) in [5, 5.41) is 0.283. The SMILES string of the molecule is COC(=O)c1cnc(Cl)c(I)c1N. The van der Waals surface area contributed by atoms with Crippen LogP contribution in [0.2, 0.25) is 5.15 Å². The monoisotopic (exact) mass is 312 g/mol. The Morgan fingerprint density at radius 2 is 2.38 bits per heavy atom. The van der Waals surface area contributed by atoms with Crippen molar-refractivity contribution in [3.8, 4) is 0 Å². The Kier molecular flexibility index (Phi) is 3.32. The lowest BCUT2D eigenvalue weighted by Crippen LogP contribution is -2.08. The van der Waals surface area contributed by atoms with Gasteiger partial charge in [0.15, 0.2) is 0 Å². The Bertz CT molecular complexity index is 357. The molecule has 0 spiro atoms. The second-order valence-corrected chi connectivity index (χ2v) is 3.62. The molecule has 0 atom stereocenters. The molecule has 0 aliphatic heterocycles. The van der Waals surface area contributed by atoms with Gasteiger partial charge in [-0.25, -0.2) is 9.78 Å². The van der Waals surface area contributed by atoms with Crippen molar-refractivity contribution in [1.82, 2.24) is 4.98 Å². The second-order valence-electron chi connectivity index (χ2n) is 2.18. The maximum Gasteiger partial charge on any atom is 0.341 e. The number of carbonyl (C=O) groups is 1. The third kappa shape index (κ3) is 2.02. The van der Waals surface area contributed by atoms with E-state index >= 15 is 0 Å². The molecule has 0 fully saturated rings. The Morgan fingerprint density at radius 1 is 1.77 bits per heavy atom. The fraction of sp³-hybridized carbons (Fsp3) is 0.143. The van der Waals surface area contributed by atoms with Crippen molar-refractivity contribution >= 4 is 45.8 Å². The minimum Gasteiger partial charge on any atom is -0.465 e. The number of rotatable bonds is 1. The number of nitrogen functional groups attached to an aromatic ring is 1. The number of nitrogens with two attached hydrogens (primary N) is 1. The zero-order chi connectivity index (χ0) is 10.0. The summed E-state index contributed by atoms with van der Waals surface area (Å²) in [5.41, 5.74) is 6.16. The third-order valence-corrected chi connectivity index (χ3v) is 3.12. The topological polar surface area (TPSA) is 65.2 Å². The van der Waals surface area contributed by atoms with Crippen molar-refractivity contribution in [3.63, 3.8) is 0 Å². The van der Waals surface area contributed by atoms with Crippen LogP contribution in [0.15, 0.2) is 6.20 Å². The van der Waals surface area contributed by atoms with Crippen molar-refractivity contribution in [2.24, 2.45) is 0 Å². The highest BCUT2D eigenvalue weighted by Gasteiger charge is 2.14. The van der Waals surface area contributed by atoms with E-state index in [4.69, 9.17) is 17.3 Å². The number of hydrogen-bond donors (Lipinski definition) is 1. The van der Waals surface area contributed by atoms with Crippen molar-refractivity contribution in [1.29, 1.82) is 0 Å². The number of pyridine rings is 1. The van der Waals surface area contributed by atoms with E-state index in [9.17, 15) is 4.79 Å². The van der Waals surface area contributed by atoms with Gasteiger partial charge in [-0.3, -0.25) is 0 Å². The lowest BCUT2D eigenvalue weighted by atomic mass is 10.2. The molecular formula is C7H6ClIN2O2. The number of anilines is 1. The highest BCUT2D eigenvalue weighted by atomic mass is 127. The first kappa shape index (κ1) is 10.5. The first-order valence-electron chi connectivity index (χ1n) is 3.25. The summed E-state index contributed by atoms with van der Waals surface area (Å²) in [6.07, 6.45) is 1.30. The molecular weight excluding hydrogens is 306 g/mol.